The number of nitro groups is 1. The molecule has 0 aliphatic heterocycles. The van der Waals surface area contributed by atoms with Crippen molar-refractivity contribution < 1.29 is 18.8 Å². The van der Waals surface area contributed by atoms with E-state index in [0.29, 0.717) is 43.3 Å². The minimum atomic E-state index is -0.620. The van der Waals surface area contributed by atoms with E-state index in [4.69, 9.17) is 37.1 Å². The summed E-state index contributed by atoms with van der Waals surface area (Å²) in [5.41, 5.74) is 1.83. The Labute approximate surface area is 207 Å². The Bertz CT molecular complexity index is 1460. The zero-order valence-electron chi connectivity index (χ0n) is 17.8. The van der Waals surface area contributed by atoms with Gasteiger partial charge in [-0.25, -0.2) is 9.67 Å². The molecule has 0 aliphatic rings. The van der Waals surface area contributed by atoms with Crippen molar-refractivity contribution in [2.45, 2.75) is 0 Å². The van der Waals surface area contributed by atoms with Crippen molar-refractivity contribution in [1.82, 2.24) is 4.68 Å². The zero-order valence-corrected chi connectivity index (χ0v) is 20.1. The quantitative estimate of drug-likeness (QED) is 0.165. The molecular formula is C22H16Cl2N4O5S. The summed E-state index contributed by atoms with van der Waals surface area (Å²) in [5.74, 6) is 1.03. The third-order valence-electron chi connectivity index (χ3n) is 4.59. The van der Waals surface area contributed by atoms with E-state index < -0.39 is 4.92 Å². The van der Waals surface area contributed by atoms with Crippen molar-refractivity contribution in [3.63, 3.8) is 0 Å². The SMILES string of the molecule is COc1ccc(OC)c(-c2csc(=Nc3ccc(Cl)cc3Cl)n2N=Cc2ccc([N+](=O)[O-])o2)c1. The predicted molar refractivity (Wildman–Crippen MR) is 131 cm³/mol. The Hall–Kier alpha value is -3.60. The van der Waals surface area contributed by atoms with Crippen LogP contribution in [0.25, 0.3) is 11.3 Å². The lowest BCUT2D eigenvalue weighted by molar-refractivity contribution is -0.402. The second-order valence-electron chi connectivity index (χ2n) is 6.67. The van der Waals surface area contributed by atoms with Gasteiger partial charge in [-0.05, 0) is 42.5 Å². The van der Waals surface area contributed by atoms with Gasteiger partial charge in [0.25, 0.3) is 0 Å². The molecular weight excluding hydrogens is 503 g/mol. The first kappa shape index (κ1) is 23.6. The molecule has 0 bridgehead atoms. The first-order valence-electron chi connectivity index (χ1n) is 9.61. The lowest BCUT2D eigenvalue weighted by Gasteiger charge is -2.11. The summed E-state index contributed by atoms with van der Waals surface area (Å²) in [6.07, 6.45) is 1.36. The summed E-state index contributed by atoms with van der Waals surface area (Å²) in [6.45, 7) is 0. The minimum Gasteiger partial charge on any atom is -0.497 e. The molecule has 0 radical (unpaired) electrons. The summed E-state index contributed by atoms with van der Waals surface area (Å²) in [7, 11) is 3.13. The number of hydrogen-bond donors (Lipinski definition) is 0. The van der Waals surface area contributed by atoms with Crippen LogP contribution in [0.4, 0.5) is 11.6 Å². The monoisotopic (exact) mass is 518 g/mol. The van der Waals surface area contributed by atoms with Crippen LogP contribution >= 0.6 is 34.5 Å². The average molecular weight is 519 g/mol. The maximum atomic E-state index is 10.9. The van der Waals surface area contributed by atoms with Gasteiger partial charge in [-0.3, -0.25) is 10.1 Å². The van der Waals surface area contributed by atoms with Crippen molar-refractivity contribution in [2.75, 3.05) is 14.2 Å². The van der Waals surface area contributed by atoms with E-state index in [0.717, 1.165) is 0 Å². The Balaban J connectivity index is 1.90. The summed E-state index contributed by atoms with van der Waals surface area (Å²) < 4.78 is 17.6. The molecule has 4 rings (SSSR count). The molecule has 34 heavy (non-hydrogen) atoms. The van der Waals surface area contributed by atoms with Crippen LogP contribution in [0, 0.1) is 10.1 Å². The Morgan fingerprint density at radius 3 is 2.62 bits per heavy atom. The average Bonchev–Trinajstić information content (AvgIpc) is 3.46. The summed E-state index contributed by atoms with van der Waals surface area (Å²) in [6, 6.07) is 13.0. The number of halogens is 2. The van der Waals surface area contributed by atoms with E-state index in [1.54, 1.807) is 49.2 Å². The van der Waals surface area contributed by atoms with Gasteiger partial charge < -0.3 is 13.9 Å². The minimum absolute atomic E-state index is 0.199. The molecule has 0 aliphatic carbocycles. The normalized spacial score (nSPS) is 11.8. The fraction of sp³-hybridized carbons (Fsp3) is 0.0909. The van der Waals surface area contributed by atoms with Crippen LogP contribution in [-0.4, -0.2) is 30.0 Å². The van der Waals surface area contributed by atoms with Crippen molar-refractivity contribution in [3.05, 3.63) is 84.6 Å². The number of ether oxygens (including phenoxy) is 2. The molecule has 2 aromatic carbocycles. The number of furan rings is 1. The van der Waals surface area contributed by atoms with Crippen LogP contribution in [0.2, 0.25) is 10.0 Å². The fourth-order valence-corrected chi connectivity index (χ4v) is 4.28. The van der Waals surface area contributed by atoms with E-state index in [9.17, 15) is 10.1 Å². The van der Waals surface area contributed by atoms with Gasteiger partial charge in [-0.1, -0.05) is 23.2 Å². The number of methoxy groups -OCH3 is 2. The highest BCUT2D eigenvalue weighted by molar-refractivity contribution is 7.07. The lowest BCUT2D eigenvalue weighted by Crippen LogP contribution is -2.12. The number of benzene rings is 2. The molecule has 2 aromatic heterocycles. The molecule has 0 spiro atoms. The molecule has 9 nitrogen and oxygen atoms in total. The largest absolute Gasteiger partial charge is 0.497 e. The number of nitrogens with zero attached hydrogens (tertiary/aromatic N) is 4. The molecule has 0 amide bonds. The smallest absolute Gasteiger partial charge is 0.433 e. The van der Waals surface area contributed by atoms with Crippen molar-refractivity contribution in [2.24, 2.45) is 10.1 Å². The predicted octanol–water partition coefficient (Wildman–Crippen LogP) is 6.16. The Morgan fingerprint density at radius 2 is 1.94 bits per heavy atom. The van der Waals surface area contributed by atoms with Gasteiger partial charge in [0.15, 0.2) is 5.76 Å². The van der Waals surface area contributed by atoms with Crippen LogP contribution in [0.5, 0.6) is 11.5 Å². The zero-order chi connectivity index (χ0) is 24.2. The van der Waals surface area contributed by atoms with Crippen LogP contribution < -0.4 is 14.3 Å². The van der Waals surface area contributed by atoms with Gasteiger partial charge >= 0.3 is 5.88 Å². The van der Waals surface area contributed by atoms with Gasteiger partial charge in [-0.2, -0.15) is 5.10 Å². The van der Waals surface area contributed by atoms with Gasteiger partial charge in [0.1, 0.15) is 16.4 Å². The van der Waals surface area contributed by atoms with Crippen LogP contribution in [0.3, 0.4) is 0 Å². The highest BCUT2D eigenvalue weighted by Crippen LogP contribution is 2.34. The summed E-state index contributed by atoms with van der Waals surface area (Å²) in [4.78, 5) is 15.4. The second kappa shape index (κ2) is 10.1. The molecule has 0 N–H and O–H groups in total. The molecule has 0 saturated carbocycles. The maximum absolute atomic E-state index is 10.9. The van der Waals surface area contributed by atoms with E-state index in [2.05, 4.69) is 10.1 Å². The Kier molecular flexibility index (Phi) is 7.01. The molecule has 174 valence electrons. The molecule has 4 aromatic rings. The molecule has 12 heteroatoms. The molecule has 0 fully saturated rings. The third kappa shape index (κ3) is 4.98. The van der Waals surface area contributed by atoms with Crippen LogP contribution in [0.15, 0.2) is 68.4 Å². The van der Waals surface area contributed by atoms with E-state index in [1.807, 2.05) is 11.4 Å². The number of hydrogen-bond acceptors (Lipinski definition) is 8. The van der Waals surface area contributed by atoms with Gasteiger partial charge in [-0.15, -0.1) is 11.3 Å². The number of thiazole rings is 1. The van der Waals surface area contributed by atoms with E-state index in [1.165, 1.54) is 29.7 Å². The lowest BCUT2D eigenvalue weighted by atomic mass is 10.1. The van der Waals surface area contributed by atoms with Crippen LogP contribution in [0.1, 0.15) is 5.76 Å². The van der Waals surface area contributed by atoms with Gasteiger partial charge in [0.2, 0.25) is 4.80 Å². The third-order valence-corrected chi connectivity index (χ3v) is 5.94. The highest BCUT2D eigenvalue weighted by Gasteiger charge is 2.15. The standard InChI is InChI=1S/C22H16Cl2N4O5S/c1-31-14-4-7-20(32-2)16(10-14)19-12-34-22(26-18-6-3-13(23)9-17(18)24)27(19)25-11-15-5-8-21(33-15)28(29)30/h3-12H,1-2H3. The first-order chi connectivity index (χ1) is 16.4. The topological polar surface area (TPSA) is 104 Å². The number of rotatable bonds is 7. The maximum Gasteiger partial charge on any atom is 0.433 e. The summed E-state index contributed by atoms with van der Waals surface area (Å²) in [5, 5.41) is 18.1. The van der Waals surface area contributed by atoms with Crippen molar-refractivity contribution in [1.29, 1.82) is 0 Å². The van der Waals surface area contributed by atoms with Gasteiger partial charge in [0, 0.05) is 16.0 Å². The highest BCUT2D eigenvalue weighted by atomic mass is 35.5. The fourth-order valence-electron chi connectivity index (χ4n) is 2.99. The molecule has 0 unspecified atom stereocenters. The van der Waals surface area contributed by atoms with Crippen molar-refractivity contribution >= 4 is 52.3 Å². The second-order valence-corrected chi connectivity index (χ2v) is 8.35. The number of aromatic nitrogens is 1. The van der Waals surface area contributed by atoms with Crippen LogP contribution in [-0.2, 0) is 0 Å². The van der Waals surface area contributed by atoms with Gasteiger partial charge in [0.05, 0.1) is 42.9 Å². The van der Waals surface area contributed by atoms with E-state index >= 15 is 0 Å². The molecule has 0 saturated heterocycles. The molecule has 2 heterocycles. The first-order valence-corrected chi connectivity index (χ1v) is 11.2. The molecule has 0 atom stereocenters. The van der Waals surface area contributed by atoms with Crippen molar-refractivity contribution in [3.8, 4) is 22.8 Å². The van der Waals surface area contributed by atoms with E-state index in [-0.39, 0.29) is 11.6 Å². The Morgan fingerprint density at radius 1 is 1.12 bits per heavy atom. The summed E-state index contributed by atoms with van der Waals surface area (Å²) >= 11 is 13.6.